The fraction of sp³-hybridized carbons (Fsp3) is 0.440. The third kappa shape index (κ3) is 4.21. The Bertz CT molecular complexity index is 1160. The molecule has 0 radical (unpaired) electrons. The predicted molar refractivity (Wildman–Crippen MR) is 122 cm³/mol. The van der Waals surface area contributed by atoms with Gasteiger partial charge in [-0.05, 0) is 55.9 Å². The summed E-state index contributed by atoms with van der Waals surface area (Å²) >= 11 is 0. The minimum Gasteiger partial charge on any atom is -0.352 e. The molecular formula is C25H29FN4O2. The summed E-state index contributed by atoms with van der Waals surface area (Å²) in [6.07, 6.45) is 2.57. The summed E-state index contributed by atoms with van der Waals surface area (Å²) in [5.41, 5.74) is 2.37. The number of hydrogen-bond acceptors (Lipinski definition) is 3. The first-order chi connectivity index (χ1) is 15.5. The predicted octanol–water partition coefficient (Wildman–Crippen LogP) is 3.41. The third-order valence-electron chi connectivity index (χ3n) is 6.88. The number of aromatic nitrogens is 2. The van der Waals surface area contributed by atoms with Gasteiger partial charge in [-0.1, -0.05) is 30.3 Å². The molecule has 2 aliphatic rings. The SMILES string of the molecule is CC(CN1CCC(n2c(=O)[nH]c3ccc(F)cc32)CC1)NC(=O)C1CC1c1ccccc1. The molecule has 32 heavy (non-hydrogen) atoms. The fourth-order valence-electron chi connectivity index (χ4n) is 5.15. The van der Waals surface area contributed by atoms with Crippen LogP contribution in [0.5, 0.6) is 0 Å². The van der Waals surface area contributed by atoms with Crippen LogP contribution in [-0.2, 0) is 4.79 Å². The largest absolute Gasteiger partial charge is 0.352 e. The van der Waals surface area contributed by atoms with Gasteiger partial charge in [0.15, 0.2) is 0 Å². The summed E-state index contributed by atoms with van der Waals surface area (Å²) < 4.78 is 15.4. The van der Waals surface area contributed by atoms with E-state index in [4.69, 9.17) is 0 Å². The van der Waals surface area contributed by atoms with Crippen molar-refractivity contribution >= 4 is 16.9 Å². The van der Waals surface area contributed by atoms with E-state index in [1.807, 2.05) is 18.2 Å². The number of piperidine rings is 1. The zero-order valence-electron chi connectivity index (χ0n) is 18.3. The molecule has 1 aliphatic carbocycles. The Labute approximate surface area is 186 Å². The third-order valence-corrected chi connectivity index (χ3v) is 6.88. The number of aromatic amines is 1. The summed E-state index contributed by atoms with van der Waals surface area (Å²) in [5, 5.41) is 3.18. The van der Waals surface area contributed by atoms with Crippen molar-refractivity contribution in [2.75, 3.05) is 19.6 Å². The molecule has 1 amide bonds. The van der Waals surface area contributed by atoms with Gasteiger partial charge >= 0.3 is 5.69 Å². The van der Waals surface area contributed by atoms with Gasteiger partial charge in [-0.25, -0.2) is 9.18 Å². The number of carbonyl (C=O) groups excluding carboxylic acids is 1. The van der Waals surface area contributed by atoms with E-state index in [0.717, 1.165) is 38.9 Å². The molecule has 168 valence electrons. The number of imidazole rings is 1. The number of hydrogen-bond donors (Lipinski definition) is 2. The molecule has 3 unspecified atom stereocenters. The maximum atomic E-state index is 13.7. The molecule has 1 saturated carbocycles. The van der Waals surface area contributed by atoms with E-state index in [1.165, 1.54) is 17.7 Å². The van der Waals surface area contributed by atoms with Gasteiger partial charge in [0.05, 0.1) is 11.0 Å². The number of rotatable bonds is 6. The Morgan fingerprint density at radius 3 is 2.69 bits per heavy atom. The molecule has 2 N–H and O–H groups in total. The van der Waals surface area contributed by atoms with Crippen LogP contribution in [0.25, 0.3) is 11.0 Å². The first-order valence-electron chi connectivity index (χ1n) is 11.5. The number of nitrogens with zero attached hydrogens (tertiary/aromatic N) is 2. The summed E-state index contributed by atoms with van der Waals surface area (Å²) in [5.74, 6) is 0.240. The van der Waals surface area contributed by atoms with Crippen LogP contribution in [0, 0.1) is 11.7 Å². The normalized spacial score (nSPS) is 22.7. The molecule has 1 aliphatic heterocycles. The van der Waals surface area contributed by atoms with E-state index < -0.39 is 0 Å². The van der Waals surface area contributed by atoms with Gasteiger partial charge < -0.3 is 15.2 Å². The van der Waals surface area contributed by atoms with E-state index in [0.29, 0.717) is 17.0 Å². The number of nitrogens with one attached hydrogen (secondary N) is 2. The Balaban J connectivity index is 1.13. The average Bonchev–Trinajstić information content (AvgIpc) is 3.52. The van der Waals surface area contributed by atoms with Crippen molar-refractivity contribution in [1.29, 1.82) is 0 Å². The van der Waals surface area contributed by atoms with Crippen LogP contribution in [0.15, 0.2) is 53.3 Å². The molecule has 2 aromatic carbocycles. The zero-order chi connectivity index (χ0) is 22.2. The van der Waals surface area contributed by atoms with Crippen LogP contribution in [0.3, 0.4) is 0 Å². The maximum absolute atomic E-state index is 13.7. The number of likely N-dealkylation sites (tertiary alicyclic amines) is 1. The highest BCUT2D eigenvalue weighted by atomic mass is 19.1. The van der Waals surface area contributed by atoms with Gasteiger partial charge in [-0.3, -0.25) is 9.36 Å². The second-order valence-electron chi connectivity index (χ2n) is 9.26. The van der Waals surface area contributed by atoms with Crippen LogP contribution in [0.2, 0.25) is 0 Å². The monoisotopic (exact) mass is 436 g/mol. The van der Waals surface area contributed by atoms with Crippen molar-refractivity contribution in [3.63, 3.8) is 0 Å². The second kappa shape index (κ2) is 8.54. The second-order valence-corrected chi connectivity index (χ2v) is 9.26. The molecule has 0 bridgehead atoms. The number of fused-ring (bicyclic) bond motifs is 1. The van der Waals surface area contributed by atoms with Gasteiger partial charge in [0.25, 0.3) is 0 Å². The first-order valence-corrected chi connectivity index (χ1v) is 11.5. The van der Waals surface area contributed by atoms with Gasteiger partial charge in [-0.2, -0.15) is 0 Å². The van der Waals surface area contributed by atoms with Crippen LogP contribution >= 0.6 is 0 Å². The van der Waals surface area contributed by atoms with Crippen LogP contribution < -0.4 is 11.0 Å². The lowest BCUT2D eigenvalue weighted by molar-refractivity contribution is -0.123. The molecule has 6 nitrogen and oxygen atoms in total. The first kappa shape index (κ1) is 20.9. The van der Waals surface area contributed by atoms with Crippen molar-refractivity contribution in [1.82, 2.24) is 19.8 Å². The number of halogens is 1. The van der Waals surface area contributed by atoms with Crippen molar-refractivity contribution < 1.29 is 9.18 Å². The van der Waals surface area contributed by atoms with Crippen LogP contribution in [0.4, 0.5) is 4.39 Å². The number of H-pyrrole nitrogens is 1. The van der Waals surface area contributed by atoms with E-state index >= 15 is 0 Å². The molecule has 1 aromatic heterocycles. The summed E-state index contributed by atoms with van der Waals surface area (Å²) in [7, 11) is 0. The van der Waals surface area contributed by atoms with Crippen molar-refractivity contribution in [2.24, 2.45) is 5.92 Å². The summed E-state index contributed by atoms with van der Waals surface area (Å²) in [6.45, 7) is 4.53. The molecule has 3 atom stereocenters. The molecule has 3 aromatic rings. The molecule has 1 saturated heterocycles. The fourth-order valence-corrected chi connectivity index (χ4v) is 5.15. The molecule has 5 rings (SSSR count). The minimum atomic E-state index is -0.336. The average molecular weight is 437 g/mol. The van der Waals surface area contributed by atoms with Crippen molar-refractivity contribution in [3.05, 3.63) is 70.4 Å². The van der Waals surface area contributed by atoms with Crippen molar-refractivity contribution in [3.8, 4) is 0 Å². The molecular weight excluding hydrogens is 407 g/mol. The Kier molecular flexibility index (Phi) is 5.59. The standard InChI is InChI=1S/C25H29FN4O2/c1-16(27-24(31)21-14-20(21)17-5-3-2-4-6-17)15-29-11-9-19(10-12-29)30-23-13-18(26)7-8-22(23)28-25(30)32/h2-8,13,16,19-21H,9-12,14-15H2,1H3,(H,27,31)(H,28,32). The van der Waals surface area contributed by atoms with Crippen LogP contribution in [0.1, 0.15) is 43.7 Å². The zero-order valence-corrected chi connectivity index (χ0v) is 18.3. The quantitative estimate of drug-likeness (QED) is 0.622. The lowest BCUT2D eigenvalue weighted by atomic mass is 10.0. The van der Waals surface area contributed by atoms with E-state index in [1.54, 1.807) is 10.6 Å². The topological polar surface area (TPSA) is 70.1 Å². The minimum absolute atomic E-state index is 0.0530. The van der Waals surface area contributed by atoms with E-state index in [9.17, 15) is 14.0 Å². The number of amides is 1. The Hall–Kier alpha value is -2.93. The Morgan fingerprint density at radius 1 is 1.19 bits per heavy atom. The molecule has 2 heterocycles. The number of benzene rings is 2. The van der Waals surface area contributed by atoms with Gasteiger partial charge in [0, 0.05) is 37.6 Å². The van der Waals surface area contributed by atoms with Gasteiger partial charge in [-0.15, -0.1) is 0 Å². The lowest BCUT2D eigenvalue weighted by Gasteiger charge is -2.34. The molecule has 0 spiro atoms. The van der Waals surface area contributed by atoms with E-state index in [2.05, 4.69) is 34.3 Å². The van der Waals surface area contributed by atoms with Crippen LogP contribution in [-0.4, -0.2) is 46.0 Å². The molecule has 2 fully saturated rings. The number of carbonyl (C=O) groups is 1. The van der Waals surface area contributed by atoms with Gasteiger partial charge in [0.1, 0.15) is 5.82 Å². The highest BCUT2D eigenvalue weighted by Gasteiger charge is 2.44. The van der Waals surface area contributed by atoms with Crippen molar-refractivity contribution in [2.45, 2.75) is 44.2 Å². The van der Waals surface area contributed by atoms with Gasteiger partial charge in [0.2, 0.25) is 5.91 Å². The lowest BCUT2D eigenvalue weighted by Crippen LogP contribution is -2.45. The van der Waals surface area contributed by atoms with E-state index in [-0.39, 0.29) is 35.4 Å². The highest BCUT2D eigenvalue weighted by Crippen LogP contribution is 2.47. The summed E-state index contributed by atoms with van der Waals surface area (Å²) in [6, 6.07) is 14.8. The molecule has 7 heteroatoms. The maximum Gasteiger partial charge on any atom is 0.326 e. The summed E-state index contributed by atoms with van der Waals surface area (Å²) in [4.78, 5) is 30.3. The smallest absolute Gasteiger partial charge is 0.326 e. The Morgan fingerprint density at radius 2 is 1.94 bits per heavy atom. The highest BCUT2D eigenvalue weighted by molar-refractivity contribution is 5.83.